The van der Waals surface area contributed by atoms with Crippen LogP contribution in [0.5, 0.6) is 0 Å². The highest BCUT2D eigenvalue weighted by Gasteiger charge is 2.04. The van der Waals surface area contributed by atoms with Gasteiger partial charge in [0.05, 0.1) is 27.9 Å². The average Bonchev–Trinajstić information content (AvgIpc) is 2.70. The third kappa shape index (κ3) is 2.18. The van der Waals surface area contributed by atoms with Gasteiger partial charge in [-0.05, 0) is 28.1 Å². The lowest BCUT2D eigenvalue weighted by molar-refractivity contribution is 0.618. The second kappa shape index (κ2) is 4.28. The molecule has 3 nitrogen and oxygen atoms in total. The van der Waals surface area contributed by atoms with Gasteiger partial charge < -0.3 is 0 Å². The van der Waals surface area contributed by atoms with Crippen molar-refractivity contribution in [2.75, 3.05) is 0 Å². The number of hydrogen-bond donors (Lipinski definition) is 0. The number of aromatic nitrogens is 3. The molecule has 1 aromatic carbocycles. The molecular formula is C9H6BrClFN3. The monoisotopic (exact) mass is 289 g/mol. The molecule has 0 fully saturated rings. The summed E-state index contributed by atoms with van der Waals surface area (Å²) < 4.78 is 15.1. The molecule has 78 valence electrons. The molecule has 2 rings (SSSR count). The van der Waals surface area contributed by atoms with Crippen molar-refractivity contribution in [1.29, 1.82) is 0 Å². The van der Waals surface area contributed by atoms with Crippen LogP contribution in [-0.2, 0) is 5.88 Å². The van der Waals surface area contributed by atoms with Crippen molar-refractivity contribution in [2.45, 2.75) is 5.88 Å². The maximum Gasteiger partial charge on any atom is 0.139 e. The minimum atomic E-state index is -0.338. The number of nitrogens with zero attached hydrogens (tertiary/aromatic N) is 3. The third-order valence-corrected chi connectivity index (χ3v) is 2.76. The zero-order valence-electron chi connectivity index (χ0n) is 7.49. The van der Waals surface area contributed by atoms with Crippen molar-refractivity contribution in [3.8, 4) is 5.69 Å². The van der Waals surface area contributed by atoms with Gasteiger partial charge in [0.25, 0.3) is 0 Å². The molecular weight excluding hydrogens is 284 g/mol. The van der Waals surface area contributed by atoms with Crippen LogP contribution in [0.2, 0.25) is 0 Å². The van der Waals surface area contributed by atoms with Crippen molar-refractivity contribution < 1.29 is 4.39 Å². The second-order valence-corrected chi connectivity index (χ2v) is 4.01. The van der Waals surface area contributed by atoms with E-state index in [9.17, 15) is 4.39 Å². The van der Waals surface area contributed by atoms with E-state index >= 15 is 0 Å². The first-order chi connectivity index (χ1) is 7.20. The summed E-state index contributed by atoms with van der Waals surface area (Å²) in [6, 6.07) is 4.73. The van der Waals surface area contributed by atoms with E-state index in [1.165, 1.54) is 10.7 Å². The number of halogens is 3. The molecule has 15 heavy (non-hydrogen) atoms. The van der Waals surface area contributed by atoms with Gasteiger partial charge in [0.1, 0.15) is 5.82 Å². The number of rotatable bonds is 2. The van der Waals surface area contributed by atoms with E-state index in [1.54, 1.807) is 18.3 Å². The highest BCUT2D eigenvalue weighted by molar-refractivity contribution is 9.10. The Balaban J connectivity index is 2.40. The van der Waals surface area contributed by atoms with Crippen molar-refractivity contribution in [3.63, 3.8) is 0 Å². The van der Waals surface area contributed by atoms with Gasteiger partial charge in [-0.25, -0.2) is 9.07 Å². The van der Waals surface area contributed by atoms with Crippen LogP contribution in [-0.4, -0.2) is 15.0 Å². The summed E-state index contributed by atoms with van der Waals surface area (Å²) in [6.07, 6.45) is 1.66. The Morgan fingerprint density at radius 1 is 1.47 bits per heavy atom. The first-order valence-corrected chi connectivity index (χ1v) is 5.46. The van der Waals surface area contributed by atoms with Crippen molar-refractivity contribution in [2.24, 2.45) is 0 Å². The molecule has 0 bridgehead atoms. The number of alkyl halides is 1. The van der Waals surface area contributed by atoms with E-state index in [0.29, 0.717) is 21.7 Å². The van der Waals surface area contributed by atoms with Crippen molar-refractivity contribution >= 4 is 27.5 Å². The summed E-state index contributed by atoms with van der Waals surface area (Å²) in [4.78, 5) is 0. The smallest absolute Gasteiger partial charge is 0.139 e. The van der Waals surface area contributed by atoms with Gasteiger partial charge in [-0.3, -0.25) is 0 Å². The molecule has 0 saturated carbocycles. The molecule has 0 radical (unpaired) electrons. The molecule has 6 heteroatoms. The molecule has 0 atom stereocenters. The molecule has 0 aliphatic rings. The van der Waals surface area contributed by atoms with E-state index in [4.69, 9.17) is 11.6 Å². The molecule has 1 aromatic heterocycles. The lowest BCUT2D eigenvalue weighted by atomic mass is 10.3. The number of benzene rings is 1. The maximum absolute atomic E-state index is 13.2. The molecule has 0 aliphatic carbocycles. The van der Waals surface area contributed by atoms with E-state index in [-0.39, 0.29) is 5.82 Å². The second-order valence-electron chi connectivity index (χ2n) is 2.89. The first-order valence-electron chi connectivity index (χ1n) is 4.13. The number of hydrogen-bond acceptors (Lipinski definition) is 2. The zero-order chi connectivity index (χ0) is 10.8. The highest BCUT2D eigenvalue weighted by Crippen LogP contribution is 2.18. The Morgan fingerprint density at radius 2 is 2.27 bits per heavy atom. The standard InChI is InChI=1S/C9H6BrClFN3/c10-8-2-1-7(3-9(8)12)15-5-6(4-11)13-14-15/h1-3,5H,4H2. The topological polar surface area (TPSA) is 30.7 Å². The van der Waals surface area contributed by atoms with E-state index in [0.717, 1.165) is 0 Å². The van der Waals surface area contributed by atoms with Crippen LogP contribution in [0.25, 0.3) is 5.69 Å². The van der Waals surface area contributed by atoms with Gasteiger partial charge in [-0.15, -0.1) is 16.7 Å². The normalized spacial score (nSPS) is 10.6. The highest BCUT2D eigenvalue weighted by atomic mass is 79.9. The maximum atomic E-state index is 13.2. The quantitative estimate of drug-likeness (QED) is 0.796. The minimum absolute atomic E-state index is 0.291. The molecule has 0 N–H and O–H groups in total. The molecule has 0 aliphatic heterocycles. The molecule has 0 amide bonds. The minimum Gasteiger partial charge on any atom is -0.220 e. The molecule has 0 saturated heterocycles. The Kier molecular flexibility index (Phi) is 3.02. The third-order valence-electron chi connectivity index (χ3n) is 1.85. The van der Waals surface area contributed by atoms with Gasteiger partial charge in [-0.1, -0.05) is 5.21 Å². The Morgan fingerprint density at radius 3 is 2.87 bits per heavy atom. The van der Waals surface area contributed by atoms with Crippen LogP contribution >= 0.6 is 27.5 Å². The van der Waals surface area contributed by atoms with Gasteiger partial charge in [0.2, 0.25) is 0 Å². The lowest BCUT2D eigenvalue weighted by Gasteiger charge is -2.00. The molecule has 2 aromatic rings. The lowest BCUT2D eigenvalue weighted by Crippen LogP contribution is -1.95. The summed E-state index contributed by atoms with van der Waals surface area (Å²) in [7, 11) is 0. The molecule has 0 unspecified atom stereocenters. The largest absolute Gasteiger partial charge is 0.220 e. The average molecular weight is 291 g/mol. The van der Waals surface area contributed by atoms with Crippen LogP contribution < -0.4 is 0 Å². The SMILES string of the molecule is Fc1cc(-n2cc(CCl)nn2)ccc1Br. The summed E-state index contributed by atoms with van der Waals surface area (Å²) in [5.41, 5.74) is 1.26. The molecule has 1 heterocycles. The Bertz CT molecular complexity index is 486. The van der Waals surface area contributed by atoms with Crippen LogP contribution in [0.1, 0.15) is 5.69 Å². The van der Waals surface area contributed by atoms with Crippen molar-refractivity contribution in [1.82, 2.24) is 15.0 Å². The van der Waals surface area contributed by atoms with Gasteiger partial charge in [-0.2, -0.15) is 0 Å². The molecule has 0 spiro atoms. The fourth-order valence-electron chi connectivity index (χ4n) is 1.11. The Hall–Kier alpha value is -0.940. The summed E-state index contributed by atoms with van der Waals surface area (Å²) >= 11 is 8.67. The summed E-state index contributed by atoms with van der Waals surface area (Å²) in [5, 5.41) is 7.64. The van der Waals surface area contributed by atoms with Crippen molar-refractivity contribution in [3.05, 3.63) is 40.4 Å². The summed E-state index contributed by atoms with van der Waals surface area (Å²) in [6.45, 7) is 0. The van der Waals surface area contributed by atoms with Gasteiger partial charge in [0, 0.05) is 6.07 Å². The van der Waals surface area contributed by atoms with Crippen LogP contribution in [0.15, 0.2) is 28.9 Å². The van der Waals surface area contributed by atoms with E-state index in [1.807, 2.05) is 0 Å². The van der Waals surface area contributed by atoms with Gasteiger partial charge in [0.15, 0.2) is 0 Å². The van der Waals surface area contributed by atoms with E-state index < -0.39 is 0 Å². The Labute approximate surface area is 99.0 Å². The fourth-order valence-corrected chi connectivity index (χ4v) is 1.48. The first kappa shape index (κ1) is 10.6. The van der Waals surface area contributed by atoms with Crippen LogP contribution in [0.3, 0.4) is 0 Å². The fraction of sp³-hybridized carbons (Fsp3) is 0.111. The summed E-state index contributed by atoms with van der Waals surface area (Å²) in [5.74, 6) is -0.0469. The zero-order valence-corrected chi connectivity index (χ0v) is 9.83. The predicted octanol–water partition coefficient (Wildman–Crippen LogP) is 2.91. The predicted molar refractivity (Wildman–Crippen MR) is 58.6 cm³/mol. The van der Waals surface area contributed by atoms with E-state index in [2.05, 4.69) is 26.2 Å². The van der Waals surface area contributed by atoms with Crippen LogP contribution in [0, 0.1) is 5.82 Å². The van der Waals surface area contributed by atoms with Crippen LogP contribution in [0.4, 0.5) is 4.39 Å². The van der Waals surface area contributed by atoms with Gasteiger partial charge >= 0.3 is 0 Å².